The van der Waals surface area contributed by atoms with Crippen LogP contribution in [0.3, 0.4) is 0 Å². The maximum Gasteiger partial charge on any atom is 0.257 e. The van der Waals surface area contributed by atoms with E-state index in [-0.39, 0.29) is 17.3 Å². The first kappa shape index (κ1) is 19.5. The van der Waals surface area contributed by atoms with E-state index in [2.05, 4.69) is 39.2 Å². The molecule has 0 fully saturated rings. The minimum Gasteiger partial charge on any atom is -0.383 e. The zero-order valence-electron chi connectivity index (χ0n) is 16.9. The van der Waals surface area contributed by atoms with Gasteiger partial charge in [0.25, 0.3) is 5.91 Å². The van der Waals surface area contributed by atoms with Gasteiger partial charge in [-0.15, -0.1) is 0 Å². The summed E-state index contributed by atoms with van der Waals surface area (Å²) in [5.74, 6) is 0.389. The molecule has 152 valence electrons. The van der Waals surface area contributed by atoms with Crippen LogP contribution in [-0.2, 0) is 0 Å². The van der Waals surface area contributed by atoms with Gasteiger partial charge in [-0.2, -0.15) is 9.78 Å². The molecule has 30 heavy (non-hydrogen) atoms. The average molecular weight is 401 g/mol. The number of hydrogen-bond acceptors (Lipinski definition) is 6. The van der Waals surface area contributed by atoms with Gasteiger partial charge in [0.1, 0.15) is 16.9 Å². The Kier molecular flexibility index (Phi) is 5.38. The molecule has 3 N–H and O–H groups in total. The summed E-state index contributed by atoms with van der Waals surface area (Å²) in [5, 5.41) is 7.38. The normalized spacial score (nSPS) is 11.7. The predicted molar refractivity (Wildman–Crippen MR) is 118 cm³/mol. The summed E-state index contributed by atoms with van der Waals surface area (Å²) in [5.41, 5.74) is 9.54. The highest BCUT2D eigenvalue weighted by Crippen LogP contribution is 2.27. The number of pyridine rings is 1. The molecule has 0 aliphatic rings. The number of anilines is 1. The number of nitrogen functional groups attached to an aromatic ring is 1. The summed E-state index contributed by atoms with van der Waals surface area (Å²) in [6.07, 6.45) is 4.13. The molecule has 1 aromatic carbocycles. The van der Waals surface area contributed by atoms with E-state index in [4.69, 9.17) is 5.73 Å². The Bertz CT molecular complexity index is 1230. The van der Waals surface area contributed by atoms with Crippen molar-refractivity contribution in [1.29, 1.82) is 0 Å². The van der Waals surface area contributed by atoms with Gasteiger partial charge in [0.15, 0.2) is 5.65 Å². The molecule has 0 spiro atoms. The molecular formula is C22H23N7O. The second-order valence-electron chi connectivity index (χ2n) is 7.39. The molecule has 0 bridgehead atoms. The number of hydrogen-bond donors (Lipinski definition) is 2. The van der Waals surface area contributed by atoms with Crippen LogP contribution >= 0.6 is 0 Å². The standard InChI is InChI=1S/C22H23N7O/c1-14(2)10-12-25-22(30)18-19-21(28-17-9-4-3-8-16(17)27-19)29(20(18)23)26-13-15-7-5-6-11-24-15/h3-9,11,13-14H,10,12,23H2,1-2H3,(H,25,30)/b26-13-. The summed E-state index contributed by atoms with van der Waals surface area (Å²) in [6.45, 7) is 4.77. The highest BCUT2D eigenvalue weighted by molar-refractivity contribution is 6.10. The van der Waals surface area contributed by atoms with Gasteiger partial charge in [-0.3, -0.25) is 9.78 Å². The number of carbonyl (C=O) groups is 1. The van der Waals surface area contributed by atoms with Crippen molar-refractivity contribution >= 4 is 40.1 Å². The molecule has 0 atom stereocenters. The van der Waals surface area contributed by atoms with E-state index in [1.54, 1.807) is 12.4 Å². The summed E-state index contributed by atoms with van der Waals surface area (Å²) in [6, 6.07) is 13.0. The van der Waals surface area contributed by atoms with Gasteiger partial charge in [0.2, 0.25) is 0 Å². The number of rotatable bonds is 6. The maximum absolute atomic E-state index is 12.9. The molecule has 4 aromatic rings. The number of para-hydroxylation sites is 2. The van der Waals surface area contributed by atoms with Crippen molar-refractivity contribution in [1.82, 2.24) is 24.9 Å². The number of fused-ring (bicyclic) bond motifs is 2. The van der Waals surface area contributed by atoms with Crippen molar-refractivity contribution in [2.24, 2.45) is 11.0 Å². The smallest absolute Gasteiger partial charge is 0.257 e. The Morgan fingerprint density at radius 2 is 1.90 bits per heavy atom. The monoisotopic (exact) mass is 401 g/mol. The number of carbonyl (C=O) groups excluding carboxylic acids is 1. The Labute approximate surface area is 173 Å². The molecule has 4 rings (SSSR count). The first-order valence-electron chi connectivity index (χ1n) is 9.85. The molecule has 1 amide bonds. The van der Waals surface area contributed by atoms with Crippen LogP contribution in [0.4, 0.5) is 5.82 Å². The molecule has 3 heterocycles. The van der Waals surface area contributed by atoms with Gasteiger partial charge < -0.3 is 11.1 Å². The first-order valence-corrected chi connectivity index (χ1v) is 9.85. The van der Waals surface area contributed by atoms with Crippen LogP contribution in [0.15, 0.2) is 53.8 Å². The van der Waals surface area contributed by atoms with E-state index in [9.17, 15) is 4.79 Å². The molecule has 0 aliphatic heterocycles. The lowest BCUT2D eigenvalue weighted by molar-refractivity contribution is 0.0954. The summed E-state index contributed by atoms with van der Waals surface area (Å²) < 4.78 is 1.45. The van der Waals surface area contributed by atoms with Crippen LogP contribution in [0.1, 0.15) is 36.3 Å². The molecule has 0 aliphatic carbocycles. The van der Waals surface area contributed by atoms with E-state index in [0.29, 0.717) is 40.4 Å². The van der Waals surface area contributed by atoms with Gasteiger partial charge in [0, 0.05) is 12.7 Å². The van der Waals surface area contributed by atoms with Crippen LogP contribution in [0, 0.1) is 5.92 Å². The molecule has 8 heteroatoms. The zero-order valence-corrected chi connectivity index (χ0v) is 16.9. The minimum atomic E-state index is -0.283. The van der Waals surface area contributed by atoms with Crippen molar-refractivity contribution < 1.29 is 4.79 Å². The number of nitrogens with one attached hydrogen (secondary N) is 1. The second kappa shape index (κ2) is 8.28. The predicted octanol–water partition coefficient (Wildman–Crippen LogP) is 3.22. The van der Waals surface area contributed by atoms with Crippen LogP contribution in [-0.4, -0.2) is 38.3 Å². The third-order valence-electron chi connectivity index (χ3n) is 4.70. The van der Waals surface area contributed by atoms with Gasteiger partial charge in [0.05, 0.1) is 22.9 Å². The number of nitrogens with two attached hydrogens (primary N) is 1. The van der Waals surface area contributed by atoms with Gasteiger partial charge >= 0.3 is 0 Å². The maximum atomic E-state index is 12.9. The zero-order chi connectivity index (χ0) is 21.1. The Morgan fingerprint density at radius 1 is 1.17 bits per heavy atom. The van der Waals surface area contributed by atoms with E-state index >= 15 is 0 Å². The molecule has 0 saturated carbocycles. The number of benzene rings is 1. The topological polar surface area (TPSA) is 111 Å². The third kappa shape index (κ3) is 3.84. The number of aromatic nitrogens is 4. The Morgan fingerprint density at radius 3 is 2.60 bits per heavy atom. The van der Waals surface area contributed by atoms with E-state index in [1.165, 1.54) is 4.68 Å². The minimum absolute atomic E-state index is 0.189. The van der Waals surface area contributed by atoms with Crippen LogP contribution in [0.25, 0.3) is 22.2 Å². The summed E-state index contributed by atoms with van der Waals surface area (Å²) >= 11 is 0. The van der Waals surface area contributed by atoms with Crippen LogP contribution in [0.5, 0.6) is 0 Å². The highest BCUT2D eigenvalue weighted by Gasteiger charge is 2.23. The average Bonchev–Trinajstić information content (AvgIpc) is 3.01. The van der Waals surface area contributed by atoms with Crippen molar-refractivity contribution in [3.63, 3.8) is 0 Å². The van der Waals surface area contributed by atoms with Crippen molar-refractivity contribution in [3.05, 3.63) is 59.9 Å². The molecular weight excluding hydrogens is 378 g/mol. The van der Waals surface area contributed by atoms with Gasteiger partial charge in [-0.1, -0.05) is 32.0 Å². The fourth-order valence-corrected chi connectivity index (χ4v) is 3.12. The van der Waals surface area contributed by atoms with Crippen molar-refractivity contribution in [2.45, 2.75) is 20.3 Å². The van der Waals surface area contributed by atoms with Gasteiger partial charge in [-0.05, 0) is 36.6 Å². The third-order valence-corrected chi connectivity index (χ3v) is 4.70. The van der Waals surface area contributed by atoms with Crippen molar-refractivity contribution in [2.75, 3.05) is 12.3 Å². The Hall–Kier alpha value is -3.81. The van der Waals surface area contributed by atoms with Crippen LogP contribution < -0.4 is 11.1 Å². The molecule has 0 saturated heterocycles. The van der Waals surface area contributed by atoms with Gasteiger partial charge in [-0.25, -0.2) is 9.97 Å². The Balaban J connectivity index is 1.83. The quantitative estimate of drug-likeness (QED) is 0.482. The fourth-order valence-electron chi connectivity index (χ4n) is 3.12. The van der Waals surface area contributed by atoms with E-state index in [0.717, 1.165) is 6.42 Å². The number of nitrogens with zero attached hydrogens (tertiary/aromatic N) is 5. The largest absolute Gasteiger partial charge is 0.383 e. The summed E-state index contributed by atoms with van der Waals surface area (Å²) in [4.78, 5) is 26.5. The lowest BCUT2D eigenvalue weighted by atomic mass is 10.1. The highest BCUT2D eigenvalue weighted by atomic mass is 16.1. The number of amides is 1. The fraction of sp³-hybridized carbons (Fsp3) is 0.227. The summed E-state index contributed by atoms with van der Waals surface area (Å²) in [7, 11) is 0. The lowest BCUT2D eigenvalue weighted by Crippen LogP contribution is -2.26. The van der Waals surface area contributed by atoms with Crippen molar-refractivity contribution in [3.8, 4) is 0 Å². The molecule has 8 nitrogen and oxygen atoms in total. The molecule has 0 radical (unpaired) electrons. The second-order valence-corrected chi connectivity index (χ2v) is 7.39. The van der Waals surface area contributed by atoms with Crippen LogP contribution in [0.2, 0.25) is 0 Å². The SMILES string of the molecule is CC(C)CCNC(=O)c1c(N)n(/N=C\c2ccccn2)c2nc3ccccc3nc12. The molecule has 0 unspecified atom stereocenters. The first-order chi connectivity index (χ1) is 14.5. The van der Waals surface area contributed by atoms with E-state index < -0.39 is 0 Å². The molecule has 3 aromatic heterocycles. The van der Waals surface area contributed by atoms with E-state index in [1.807, 2.05) is 42.5 Å². The lowest BCUT2D eigenvalue weighted by Gasteiger charge is -2.07.